The van der Waals surface area contributed by atoms with Gasteiger partial charge in [-0.2, -0.15) is 0 Å². The average molecular weight is 101 g/mol. The van der Waals surface area contributed by atoms with Crippen LogP contribution in [0.15, 0.2) is 0 Å². The fourth-order valence-corrected chi connectivity index (χ4v) is 0.123. The number of aliphatic carboxylic acids is 1. The fourth-order valence-electron chi connectivity index (χ4n) is 0.123. The molecule has 0 heterocycles. The van der Waals surface area contributed by atoms with Crippen LogP contribution in [0.3, 0.4) is 0 Å². The molecule has 1 N–H and O–H groups in total. The molecule has 3 nitrogen and oxygen atoms in total. The summed E-state index contributed by atoms with van der Waals surface area (Å²) in [5.41, 5.74) is 0. The van der Waals surface area contributed by atoms with Crippen LogP contribution in [0.4, 0.5) is 0 Å². The molecule has 0 amide bonds. The maximum absolute atomic E-state index is 9.86. The predicted molar refractivity (Wildman–Crippen MR) is 22.6 cm³/mol. The van der Waals surface area contributed by atoms with Crippen LogP contribution in [0, 0.1) is 6.42 Å². The maximum Gasteiger partial charge on any atom is 0.372 e. The van der Waals surface area contributed by atoms with E-state index in [0.29, 0.717) is 0 Å². The van der Waals surface area contributed by atoms with Gasteiger partial charge in [-0.25, -0.2) is 4.79 Å². The molecular weight excluding hydrogens is 96.0 g/mol. The Bertz CT molecular complexity index is 95.1. The van der Waals surface area contributed by atoms with Gasteiger partial charge in [0.05, 0.1) is 0 Å². The van der Waals surface area contributed by atoms with Crippen molar-refractivity contribution in [3.8, 4) is 0 Å². The van der Waals surface area contributed by atoms with E-state index in [4.69, 9.17) is 5.11 Å². The molecule has 0 fully saturated rings. The summed E-state index contributed by atoms with van der Waals surface area (Å²) in [6, 6.07) is 0. The average Bonchev–Trinajstić information content (AvgIpc) is 1.65. The number of hydrogen-bond donors (Lipinski definition) is 1. The Labute approximate surface area is 41.0 Å². The first-order valence-corrected chi connectivity index (χ1v) is 1.75. The zero-order valence-corrected chi connectivity index (χ0v) is 3.84. The Hall–Kier alpha value is -0.860. The number of hydrogen-bond acceptors (Lipinski definition) is 2. The molecule has 0 aromatic heterocycles. The van der Waals surface area contributed by atoms with E-state index in [-0.39, 0.29) is 0 Å². The van der Waals surface area contributed by atoms with Gasteiger partial charge in [-0.05, 0) is 0 Å². The van der Waals surface area contributed by atoms with Crippen molar-refractivity contribution in [2.45, 2.75) is 6.92 Å². The summed E-state index contributed by atoms with van der Waals surface area (Å²) < 4.78 is 0. The smallest absolute Gasteiger partial charge is 0.372 e. The van der Waals surface area contributed by atoms with E-state index in [9.17, 15) is 9.59 Å². The lowest BCUT2D eigenvalue weighted by molar-refractivity contribution is -0.147. The van der Waals surface area contributed by atoms with E-state index >= 15 is 0 Å². The van der Waals surface area contributed by atoms with Crippen LogP contribution in [0.2, 0.25) is 0 Å². The molecule has 39 valence electrons. The minimum Gasteiger partial charge on any atom is -0.475 e. The first-order valence-electron chi connectivity index (χ1n) is 1.75. The third kappa shape index (κ3) is 1.92. The van der Waals surface area contributed by atoms with E-state index in [1.807, 2.05) is 0 Å². The van der Waals surface area contributed by atoms with Gasteiger partial charge in [-0.1, -0.05) is 6.92 Å². The van der Waals surface area contributed by atoms with Gasteiger partial charge in [0.1, 0.15) is 0 Å². The predicted octanol–water partition coefficient (Wildman–Crippen LogP) is -0.136. The second-order valence-electron chi connectivity index (χ2n) is 0.958. The summed E-state index contributed by atoms with van der Waals surface area (Å²) in [6.45, 7) is 1.39. The van der Waals surface area contributed by atoms with Crippen molar-refractivity contribution in [1.29, 1.82) is 0 Å². The highest BCUT2D eigenvalue weighted by molar-refractivity contribution is 6.36. The first kappa shape index (κ1) is 6.14. The number of carboxylic acids is 1. The molecule has 0 aliphatic heterocycles. The second kappa shape index (κ2) is 2.34. The molecule has 7 heavy (non-hydrogen) atoms. The Morgan fingerprint density at radius 1 is 1.57 bits per heavy atom. The Morgan fingerprint density at radius 3 is 2.00 bits per heavy atom. The van der Waals surface area contributed by atoms with Crippen LogP contribution in [0.1, 0.15) is 6.92 Å². The first-order chi connectivity index (χ1) is 3.18. The van der Waals surface area contributed by atoms with Crippen molar-refractivity contribution >= 4 is 11.8 Å². The van der Waals surface area contributed by atoms with E-state index in [1.165, 1.54) is 6.92 Å². The van der Waals surface area contributed by atoms with Gasteiger partial charge < -0.3 is 5.11 Å². The van der Waals surface area contributed by atoms with Crippen molar-refractivity contribution in [2.75, 3.05) is 0 Å². The van der Waals surface area contributed by atoms with E-state index in [0.717, 1.165) is 6.42 Å². The van der Waals surface area contributed by atoms with Gasteiger partial charge in [0.2, 0.25) is 5.78 Å². The largest absolute Gasteiger partial charge is 0.475 e. The number of carbonyl (C=O) groups excluding carboxylic acids is 1. The molecule has 0 aliphatic rings. The van der Waals surface area contributed by atoms with Crippen LogP contribution >= 0.6 is 0 Å². The van der Waals surface area contributed by atoms with E-state index in [1.54, 1.807) is 0 Å². The minimum atomic E-state index is -1.40. The van der Waals surface area contributed by atoms with E-state index in [2.05, 4.69) is 0 Å². The summed E-state index contributed by atoms with van der Waals surface area (Å²) in [7, 11) is 0. The zero-order valence-electron chi connectivity index (χ0n) is 3.84. The Kier molecular flexibility index (Phi) is 2.05. The summed E-state index contributed by atoms with van der Waals surface area (Å²) in [5.74, 6) is -2.26. The standard InChI is InChI=1S/C4H5O3/c1-2-3(5)4(6)7/h2H,1H3,(H,6,7). The summed E-state index contributed by atoms with van der Waals surface area (Å²) in [5, 5.41) is 7.80. The number of rotatable bonds is 2. The van der Waals surface area contributed by atoms with Crippen LogP contribution in [-0.2, 0) is 9.59 Å². The molecule has 0 aliphatic carbocycles. The van der Waals surface area contributed by atoms with Crippen LogP contribution in [-0.4, -0.2) is 16.9 Å². The second-order valence-corrected chi connectivity index (χ2v) is 0.958. The van der Waals surface area contributed by atoms with Gasteiger partial charge in [0, 0.05) is 6.42 Å². The maximum atomic E-state index is 9.86. The van der Waals surface area contributed by atoms with Crippen LogP contribution < -0.4 is 0 Å². The van der Waals surface area contributed by atoms with Gasteiger partial charge in [0.15, 0.2) is 0 Å². The highest BCUT2D eigenvalue weighted by Crippen LogP contribution is 1.75. The molecule has 3 heteroatoms. The topological polar surface area (TPSA) is 54.4 Å². The number of ketones is 1. The van der Waals surface area contributed by atoms with Gasteiger partial charge >= 0.3 is 5.97 Å². The number of carboxylic acid groups (broad SMARTS) is 1. The minimum absolute atomic E-state index is 0.861. The molecule has 0 rings (SSSR count). The molecule has 0 unspecified atom stereocenters. The third-order valence-corrected chi connectivity index (χ3v) is 0.473. The monoisotopic (exact) mass is 101 g/mol. The van der Waals surface area contributed by atoms with Crippen LogP contribution in [0.5, 0.6) is 0 Å². The molecular formula is C4H5O3. The fraction of sp³-hybridized carbons (Fsp3) is 0.250. The normalized spacial score (nSPS) is 8.14. The van der Waals surface area contributed by atoms with Crippen molar-refractivity contribution in [3.05, 3.63) is 6.42 Å². The number of Topliss-reactive ketones (excluding diaryl/α,β-unsaturated/α-hetero) is 1. The van der Waals surface area contributed by atoms with Crippen molar-refractivity contribution in [1.82, 2.24) is 0 Å². The lowest BCUT2D eigenvalue weighted by Crippen LogP contribution is -2.10. The van der Waals surface area contributed by atoms with Crippen LogP contribution in [0.25, 0.3) is 0 Å². The SMILES string of the molecule is C[CH]C(=O)C(=O)O. The highest BCUT2D eigenvalue weighted by atomic mass is 16.4. The Balaban J connectivity index is 3.58. The molecule has 0 atom stereocenters. The lowest BCUT2D eigenvalue weighted by atomic mass is 10.3. The summed E-state index contributed by atoms with van der Waals surface area (Å²) in [6.07, 6.45) is 1.00. The van der Waals surface area contributed by atoms with Crippen molar-refractivity contribution in [3.63, 3.8) is 0 Å². The molecule has 0 bridgehead atoms. The lowest BCUT2D eigenvalue weighted by Gasteiger charge is -1.80. The van der Waals surface area contributed by atoms with Crippen molar-refractivity contribution in [2.24, 2.45) is 0 Å². The number of carbonyl (C=O) groups is 2. The molecule has 0 aromatic rings. The highest BCUT2D eigenvalue weighted by Gasteiger charge is 2.05. The molecule has 1 radical (unpaired) electrons. The van der Waals surface area contributed by atoms with E-state index < -0.39 is 11.8 Å². The van der Waals surface area contributed by atoms with Gasteiger partial charge in [-0.3, -0.25) is 4.79 Å². The molecule has 0 saturated heterocycles. The zero-order chi connectivity index (χ0) is 5.86. The molecule has 0 saturated carbocycles. The molecule has 0 spiro atoms. The molecule has 0 aromatic carbocycles. The quantitative estimate of drug-likeness (QED) is 0.493. The third-order valence-electron chi connectivity index (χ3n) is 0.473. The summed E-state index contributed by atoms with van der Waals surface area (Å²) >= 11 is 0. The summed E-state index contributed by atoms with van der Waals surface area (Å²) in [4.78, 5) is 19.4. The van der Waals surface area contributed by atoms with Gasteiger partial charge in [-0.15, -0.1) is 0 Å². The van der Waals surface area contributed by atoms with Gasteiger partial charge in [0.25, 0.3) is 0 Å². The van der Waals surface area contributed by atoms with Crippen molar-refractivity contribution < 1.29 is 14.7 Å². The Morgan fingerprint density at radius 2 is 2.00 bits per heavy atom.